The Labute approximate surface area is 153 Å². The highest BCUT2D eigenvalue weighted by atomic mass is 32.2. The number of nitrogens with zero attached hydrogens (tertiary/aromatic N) is 1. The molecular formula is C20H22N2O3S. The summed E-state index contributed by atoms with van der Waals surface area (Å²) in [6.07, 6.45) is 1.56. The Hall–Kier alpha value is -2.60. The molecule has 0 atom stereocenters. The second-order valence-electron chi connectivity index (χ2n) is 6.65. The molecule has 1 aromatic heterocycles. The summed E-state index contributed by atoms with van der Waals surface area (Å²) < 4.78 is 27.8. The largest absolute Gasteiger partial charge is 0.354 e. The zero-order valence-corrected chi connectivity index (χ0v) is 15.7. The van der Waals surface area contributed by atoms with Gasteiger partial charge in [0.15, 0.2) is 0 Å². The molecule has 0 saturated heterocycles. The SMILES string of the molecule is CC(C)CNC(=O)Cn1cc(S(=O)(=O)c2ccccc2)c2ccccc21. The lowest BCUT2D eigenvalue weighted by Gasteiger charge is -2.09. The first-order chi connectivity index (χ1) is 12.4. The monoisotopic (exact) mass is 370 g/mol. The number of benzene rings is 2. The fourth-order valence-electron chi connectivity index (χ4n) is 2.81. The average molecular weight is 370 g/mol. The predicted octanol–water partition coefficient (Wildman–Crippen LogP) is 3.25. The van der Waals surface area contributed by atoms with E-state index in [1.165, 1.54) is 0 Å². The Morgan fingerprint density at radius 3 is 2.38 bits per heavy atom. The Bertz CT molecular complexity index is 1020. The van der Waals surface area contributed by atoms with Crippen LogP contribution in [0.5, 0.6) is 0 Å². The Balaban J connectivity index is 2.02. The molecule has 136 valence electrons. The van der Waals surface area contributed by atoms with Gasteiger partial charge in [-0.1, -0.05) is 50.2 Å². The van der Waals surface area contributed by atoms with Crippen LogP contribution in [-0.4, -0.2) is 25.4 Å². The third-order valence-electron chi connectivity index (χ3n) is 4.12. The maximum absolute atomic E-state index is 13.0. The molecule has 5 nitrogen and oxygen atoms in total. The quantitative estimate of drug-likeness (QED) is 0.724. The highest BCUT2D eigenvalue weighted by molar-refractivity contribution is 7.91. The first kappa shape index (κ1) is 18.2. The van der Waals surface area contributed by atoms with Gasteiger partial charge in [-0.25, -0.2) is 8.42 Å². The van der Waals surface area contributed by atoms with Crippen molar-refractivity contribution >= 4 is 26.6 Å². The first-order valence-corrected chi connectivity index (χ1v) is 10.0. The van der Waals surface area contributed by atoms with Gasteiger partial charge in [0.05, 0.1) is 9.79 Å². The summed E-state index contributed by atoms with van der Waals surface area (Å²) in [5.41, 5.74) is 0.724. The fourth-order valence-corrected chi connectivity index (χ4v) is 4.31. The zero-order valence-electron chi connectivity index (χ0n) is 14.8. The molecule has 1 heterocycles. The van der Waals surface area contributed by atoms with Crippen LogP contribution in [0.1, 0.15) is 13.8 Å². The van der Waals surface area contributed by atoms with Crippen molar-refractivity contribution in [1.82, 2.24) is 9.88 Å². The van der Waals surface area contributed by atoms with Crippen LogP contribution in [-0.2, 0) is 21.2 Å². The minimum absolute atomic E-state index is 0.0809. The number of amides is 1. The Kier molecular flexibility index (Phi) is 5.13. The van der Waals surface area contributed by atoms with Crippen molar-refractivity contribution in [2.75, 3.05) is 6.54 Å². The summed E-state index contributed by atoms with van der Waals surface area (Å²) in [7, 11) is -3.66. The minimum Gasteiger partial charge on any atom is -0.354 e. The number of fused-ring (bicyclic) bond motifs is 1. The smallest absolute Gasteiger partial charge is 0.239 e. The molecule has 0 aliphatic heterocycles. The molecule has 1 amide bonds. The number of hydrogen-bond donors (Lipinski definition) is 1. The first-order valence-electron chi connectivity index (χ1n) is 8.54. The summed E-state index contributed by atoms with van der Waals surface area (Å²) in [5.74, 6) is 0.220. The molecule has 6 heteroatoms. The van der Waals surface area contributed by atoms with Crippen molar-refractivity contribution in [1.29, 1.82) is 0 Å². The minimum atomic E-state index is -3.66. The molecule has 0 spiro atoms. The van der Waals surface area contributed by atoms with Gasteiger partial charge in [0, 0.05) is 23.6 Å². The van der Waals surface area contributed by atoms with Gasteiger partial charge >= 0.3 is 0 Å². The van der Waals surface area contributed by atoms with Crippen LogP contribution in [0.15, 0.2) is 70.6 Å². The molecule has 0 bridgehead atoms. The van der Waals surface area contributed by atoms with E-state index < -0.39 is 9.84 Å². The van der Waals surface area contributed by atoms with Crippen molar-refractivity contribution in [2.24, 2.45) is 5.92 Å². The second-order valence-corrected chi connectivity index (χ2v) is 8.57. The van der Waals surface area contributed by atoms with Crippen LogP contribution in [0.2, 0.25) is 0 Å². The molecule has 3 aromatic rings. The molecule has 0 radical (unpaired) electrons. The van der Waals surface area contributed by atoms with E-state index in [-0.39, 0.29) is 22.2 Å². The van der Waals surface area contributed by atoms with Crippen molar-refractivity contribution < 1.29 is 13.2 Å². The van der Waals surface area contributed by atoms with Gasteiger partial charge in [0.25, 0.3) is 0 Å². The molecule has 1 N–H and O–H groups in total. The van der Waals surface area contributed by atoms with Crippen LogP contribution < -0.4 is 5.32 Å². The number of carbonyl (C=O) groups excluding carboxylic acids is 1. The van der Waals surface area contributed by atoms with Crippen LogP contribution in [0.25, 0.3) is 10.9 Å². The van der Waals surface area contributed by atoms with Crippen LogP contribution >= 0.6 is 0 Å². The lowest BCUT2D eigenvalue weighted by atomic mass is 10.2. The van der Waals surface area contributed by atoms with Gasteiger partial charge < -0.3 is 9.88 Å². The van der Waals surface area contributed by atoms with Crippen LogP contribution in [0, 0.1) is 5.92 Å². The number of para-hydroxylation sites is 1. The number of hydrogen-bond acceptors (Lipinski definition) is 3. The number of nitrogens with one attached hydrogen (secondary N) is 1. The molecule has 26 heavy (non-hydrogen) atoms. The predicted molar refractivity (Wildman–Crippen MR) is 102 cm³/mol. The van der Waals surface area contributed by atoms with E-state index in [2.05, 4.69) is 5.32 Å². The van der Waals surface area contributed by atoms with Gasteiger partial charge in [-0.05, 0) is 24.1 Å². The highest BCUT2D eigenvalue weighted by Crippen LogP contribution is 2.30. The summed E-state index contributed by atoms with van der Waals surface area (Å²) in [6.45, 7) is 4.72. The summed E-state index contributed by atoms with van der Waals surface area (Å²) >= 11 is 0. The number of rotatable bonds is 6. The third kappa shape index (κ3) is 3.65. The van der Waals surface area contributed by atoms with Gasteiger partial charge in [-0.2, -0.15) is 0 Å². The lowest BCUT2D eigenvalue weighted by Crippen LogP contribution is -2.30. The van der Waals surface area contributed by atoms with Crippen molar-refractivity contribution in [3.8, 4) is 0 Å². The number of carbonyl (C=O) groups is 1. The maximum atomic E-state index is 13.0. The average Bonchev–Trinajstić information content (AvgIpc) is 3.00. The summed E-state index contributed by atoms with van der Waals surface area (Å²) in [5, 5.41) is 3.48. The molecule has 0 saturated carbocycles. The van der Waals surface area contributed by atoms with E-state index in [0.29, 0.717) is 17.8 Å². The van der Waals surface area contributed by atoms with E-state index in [4.69, 9.17) is 0 Å². The third-order valence-corrected chi connectivity index (χ3v) is 5.91. The molecule has 0 aliphatic carbocycles. The van der Waals surface area contributed by atoms with E-state index in [0.717, 1.165) is 5.52 Å². The van der Waals surface area contributed by atoms with E-state index in [1.807, 2.05) is 26.0 Å². The Morgan fingerprint density at radius 2 is 1.69 bits per heavy atom. The molecule has 2 aromatic carbocycles. The number of sulfone groups is 1. The summed E-state index contributed by atoms with van der Waals surface area (Å²) in [4.78, 5) is 12.7. The molecule has 0 unspecified atom stereocenters. The molecule has 0 fully saturated rings. The molecular weight excluding hydrogens is 348 g/mol. The van der Waals surface area contributed by atoms with Gasteiger partial charge in [-0.15, -0.1) is 0 Å². The van der Waals surface area contributed by atoms with Crippen LogP contribution in [0.3, 0.4) is 0 Å². The summed E-state index contributed by atoms with van der Waals surface area (Å²) in [6, 6.07) is 15.6. The maximum Gasteiger partial charge on any atom is 0.239 e. The lowest BCUT2D eigenvalue weighted by molar-refractivity contribution is -0.121. The topological polar surface area (TPSA) is 68.2 Å². The van der Waals surface area contributed by atoms with Crippen molar-refractivity contribution in [2.45, 2.75) is 30.2 Å². The Morgan fingerprint density at radius 1 is 1.04 bits per heavy atom. The van der Waals surface area contributed by atoms with Crippen molar-refractivity contribution in [3.05, 3.63) is 60.8 Å². The van der Waals surface area contributed by atoms with Gasteiger partial charge in [0.2, 0.25) is 15.7 Å². The van der Waals surface area contributed by atoms with Crippen LogP contribution in [0.4, 0.5) is 0 Å². The van der Waals surface area contributed by atoms with Crippen molar-refractivity contribution in [3.63, 3.8) is 0 Å². The number of aromatic nitrogens is 1. The van der Waals surface area contributed by atoms with E-state index >= 15 is 0 Å². The molecule has 3 rings (SSSR count). The van der Waals surface area contributed by atoms with Gasteiger partial charge in [0.1, 0.15) is 6.54 Å². The van der Waals surface area contributed by atoms with E-state index in [1.54, 1.807) is 53.2 Å². The highest BCUT2D eigenvalue weighted by Gasteiger charge is 2.23. The normalized spacial score (nSPS) is 11.8. The fraction of sp³-hybridized carbons (Fsp3) is 0.250. The van der Waals surface area contributed by atoms with Gasteiger partial charge in [-0.3, -0.25) is 4.79 Å². The standard InChI is InChI=1S/C20H22N2O3S/c1-15(2)12-21-20(23)14-22-13-19(17-10-6-7-11-18(17)22)26(24,25)16-8-4-3-5-9-16/h3-11,13,15H,12,14H2,1-2H3,(H,21,23). The molecule has 0 aliphatic rings. The zero-order chi connectivity index (χ0) is 18.7. The second kappa shape index (κ2) is 7.33. The van der Waals surface area contributed by atoms with E-state index in [9.17, 15) is 13.2 Å².